The van der Waals surface area contributed by atoms with Gasteiger partial charge in [0.05, 0.1) is 18.5 Å². The number of rotatable bonds is 3. The summed E-state index contributed by atoms with van der Waals surface area (Å²) in [4.78, 5) is 5.09. The van der Waals surface area contributed by atoms with Gasteiger partial charge in [-0.05, 0) is 12.1 Å². The molecule has 0 saturated carbocycles. The van der Waals surface area contributed by atoms with Crippen LogP contribution in [0.5, 0.6) is 0 Å². The zero-order valence-electron chi connectivity index (χ0n) is 7.56. The van der Waals surface area contributed by atoms with Crippen LogP contribution in [0.3, 0.4) is 0 Å². The van der Waals surface area contributed by atoms with Crippen LogP contribution in [-0.4, -0.2) is 29.3 Å². The number of pyridine rings is 1. The fourth-order valence-electron chi connectivity index (χ4n) is 1.11. The molecule has 5 heteroatoms. The van der Waals surface area contributed by atoms with E-state index in [1.807, 2.05) is 12.1 Å². The van der Waals surface area contributed by atoms with E-state index in [0.717, 1.165) is 18.1 Å². The molecule has 0 unspecified atom stereocenters. The van der Waals surface area contributed by atoms with Crippen LogP contribution in [0.4, 0.5) is 0 Å². The second-order valence-corrected chi connectivity index (χ2v) is 4.44. The fraction of sp³-hybridized carbons (Fsp3) is 0.333. The smallest absolute Gasteiger partial charge is 0.141 e. The normalized spacial score (nSPS) is 16.3. The van der Waals surface area contributed by atoms with Gasteiger partial charge in [-0.3, -0.25) is 10.4 Å². The lowest BCUT2D eigenvalue weighted by atomic mass is 10.3. The quantitative estimate of drug-likeness (QED) is 0.572. The summed E-state index contributed by atoms with van der Waals surface area (Å²) in [5.41, 5.74) is 5.88. The summed E-state index contributed by atoms with van der Waals surface area (Å²) >= 11 is 1.74. The molecule has 0 radical (unpaired) electrons. The largest absolute Gasteiger partial charge is 0.382 e. The number of nitrogens with zero attached hydrogens (tertiary/aromatic N) is 1. The molecule has 74 valence electrons. The molecule has 14 heavy (non-hydrogen) atoms. The van der Waals surface area contributed by atoms with Crippen LogP contribution >= 0.6 is 11.8 Å². The lowest BCUT2D eigenvalue weighted by molar-refractivity contribution is 0.0455. The molecule has 1 aliphatic rings. The summed E-state index contributed by atoms with van der Waals surface area (Å²) in [6.45, 7) is 1.62. The number of nitrogens with two attached hydrogens (primary N) is 1. The van der Waals surface area contributed by atoms with E-state index in [4.69, 9.17) is 15.9 Å². The molecule has 1 aromatic heterocycles. The van der Waals surface area contributed by atoms with Gasteiger partial charge in [-0.15, -0.1) is 11.8 Å². The number of hydrogen-bond acceptors (Lipinski definition) is 4. The van der Waals surface area contributed by atoms with Gasteiger partial charge in [0, 0.05) is 11.1 Å². The first-order valence-corrected chi connectivity index (χ1v) is 5.18. The summed E-state index contributed by atoms with van der Waals surface area (Å²) < 4.78 is 5.08. The average Bonchev–Trinajstić information content (AvgIpc) is 2.12. The van der Waals surface area contributed by atoms with Crippen molar-refractivity contribution in [3.63, 3.8) is 0 Å². The maximum atomic E-state index is 7.25. The Morgan fingerprint density at radius 2 is 2.43 bits per heavy atom. The second-order valence-electron chi connectivity index (χ2n) is 3.07. The average molecular weight is 209 g/mol. The minimum absolute atomic E-state index is 0.0114. The fourth-order valence-corrected chi connectivity index (χ4v) is 2.14. The van der Waals surface area contributed by atoms with Crippen molar-refractivity contribution in [3.05, 3.63) is 24.0 Å². The Bertz CT molecular complexity index is 352. The van der Waals surface area contributed by atoms with E-state index in [0.29, 0.717) is 10.9 Å². The molecule has 0 spiro atoms. The first kappa shape index (κ1) is 9.48. The van der Waals surface area contributed by atoms with Gasteiger partial charge in [0.15, 0.2) is 0 Å². The molecule has 0 amide bonds. The Balaban J connectivity index is 2.09. The van der Waals surface area contributed by atoms with Crippen LogP contribution in [-0.2, 0) is 4.74 Å². The molecule has 1 aromatic rings. The third-order valence-electron chi connectivity index (χ3n) is 1.92. The van der Waals surface area contributed by atoms with Crippen LogP contribution in [0.2, 0.25) is 0 Å². The van der Waals surface area contributed by atoms with Crippen LogP contribution < -0.4 is 5.73 Å². The summed E-state index contributed by atoms with van der Waals surface area (Å²) in [5, 5.41) is 7.79. The monoisotopic (exact) mass is 209 g/mol. The van der Waals surface area contributed by atoms with E-state index in [2.05, 4.69) is 4.98 Å². The van der Waals surface area contributed by atoms with Gasteiger partial charge in [0.1, 0.15) is 11.5 Å². The van der Waals surface area contributed by atoms with E-state index >= 15 is 0 Å². The van der Waals surface area contributed by atoms with Crippen LogP contribution in [0, 0.1) is 5.41 Å². The molecule has 2 heterocycles. The minimum Gasteiger partial charge on any atom is -0.382 e. The number of nitrogen functional groups attached to an aromatic ring is 1. The Labute approximate surface area is 86.4 Å². The Morgan fingerprint density at radius 3 is 3.00 bits per heavy atom. The summed E-state index contributed by atoms with van der Waals surface area (Å²) in [6, 6.07) is 3.76. The molecular formula is C9H11N3OS. The Hall–Kier alpha value is -1.07. The topological polar surface area (TPSA) is 72.0 Å². The van der Waals surface area contributed by atoms with Gasteiger partial charge in [-0.1, -0.05) is 0 Å². The van der Waals surface area contributed by atoms with Gasteiger partial charge in [-0.2, -0.15) is 0 Å². The van der Waals surface area contributed by atoms with Gasteiger partial charge in [0.2, 0.25) is 0 Å². The molecule has 1 fully saturated rings. The molecule has 2 rings (SSSR count). The molecule has 0 aromatic carbocycles. The predicted molar refractivity (Wildman–Crippen MR) is 55.7 cm³/mol. The highest BCUT2D eigenvalue weighted by molar-refractivity contribution is 8.00. The van der Waals surface area contributed by atoms with Gasteiger partial charge >= 0.3 is 0 Å². The van der Waals surface area contributed by atoms with E-state index in [1.165, 1.54) is 0 Å². The maximum Gasteiger partial charge on any atom is 0.141 e. The highest BCUT2D eigenvalue weighted by Crippen LogP contribution is 2.27. The first-order chi connectivity index (χ1) is 6.75. The lowest BCUT2D eigenvalue weighted by Gasteiger charge is -2.25. The SMILES string of the molecule is N=C(N)c1cc(SC2COC2)ccn1. The Morgan fingerprint density at radius 1 is 1.64 bits per heavy atom. The number of hydrogen-bond donors (Lipinski definition) is 2. The third kappa shape index (κ3) is 2.05. The molecule has 3 N–H and O–H groups in total. The number of aromatic nitrogens is 1. The molecule has 4 nitrogen and oxygen atoms in total. The van der Waals surface area contributed by atoms with E-state index in [1.54, 1.807) is 18.0 Å². The van der Waals surface area contributed by atoms with Crippen molar-refractivity contribution in [3.8, 4) is 0 Å². The zero-order chi connectivity index (χ0) is 9.97. The van der Waals surface area contributed by atoms with Crippen molar-refractivity contribution >= 4 is 17.6 Å². The third-order valence-corrected chi connectivity index (χ3v) is 3.05. The summed E-state index contributed by atoms with van der Waals surface area (Å²) in [7, 11) is 0. The van der Waals surface area contributed by atoms with E-state index in [-0.39, 0.29) is 5.84 Å². The molecular weight excluding hydrogens is 198 g/mol. The number of ether oxygens (including phenoxy) is 1. The summed E-state index contributed by atoms with van der Waals surface area (Å²) in [6.07, 6.45) is 1.68. The molecule has 0 aliphatic carbocycles. The highest BCUT2D eigenvalue weighted by atomic mass is 32.2. The Kier molecular flexibility index (Phi) is 2.69. The number of amidine groups is 1. The van der Waals surface area contributed by atoms with Gasteiger partial charge in [0.25, 0.3) is 0 Å². The number of thioether (sulfide) groups is 1. The van der Waals surface area contributed by atoms with Crippen molar-refractivity contribution < 1.29 is 4.74 Å². The number of nitrogens with one attached hydrogen (secondary N) is 1. The molecule has 1 aliphatic heterocycles. The van der Waals surface area contributed by atoms with Crippen LogP contribution in [0.1, 0.15) is 5.69 Å². The summed E-state index contributed by atoms with van der Waals surface area (Å²) in [5.74, 6) is 0.0114. The van der Waals surface area contributed by atoms with Crippen molar-refractivity contribution in [1.29, 1.82) is 5.41 Å². The van der Waals surface area contributed by atoms with E-state index < -0.39 is 0 Å². The van der Waals surface area contributed by atoms with Gasteiger partial charge in [-0.25, -0.2) is 0 Å². The molecule has 1 saturated heterocycles. The molecule has 0 bridgehead atoms. The van der Waals surface area contributed by atoms with Crippen molar-refractivity contribution in [2.24, 2.45) is 5.73 Å². The van der Waals surface area contributed by atoms with Crippen LogP contribution in [0.15, 0.2) is 23.2 Å². The lowest BCUT2D eigenvalue weighted by Crippen LogP contribution is -2.30. The first-order valence-electron chi connectivity index (χ1n) is 4.30. The minimum atomic E-state index is 0.0114. The highest BCUT2D eigenvalue weighted by Gasteiger charge is 2.19. The standard InChI is InChI=1S/C9H11N3OS/c10-9(11)8-3-6(1-2-12-8)14-7-4-13-5-7/h1-3,7H,4-5H2,(H3,10,11). The van der Waals surface area contributed by atoms with Crippen molar-refractivity contribution in [2.45, 2.75) is 10.1 Å². The maximum absolute atomic E-state index is 7.25. The second kappa shape index (κ2) is 3.98. The van der Waals surface area contributed by atoms with Crippen LogP contribution in [0.25, 0.3) is 0 Å². The predicted octanol–water partition coefficient (Wildman–Crippen LogP) is 0.857. The zero-order valence-corrected chi connectivity index (χ0v) is 8.38. The molecule has 0 atom stereocenters. The van der Waals surface area contributed by atoms with Gasteiger partial charge < -0.3 is 10.5 Å². The van der Waals surface area contributed by atoms with Crippen molar-refractivity contribution in [2.75, 3.05) is 13.2 Å². The van der Waals surface area contributed by atoms with E-state index in [9.17, 15) is 0 Å². The van der Waals surface area contributed by atoms with Crippen molar-refractivity contribution in [1.82, 2.24) is 4.98 Å².